The molecule has 0 saturated carbocycles. The summed E-state index contributed by atoms with van der Waals surface area (Å²) >= 11 is 11.8. The predicted molar refractivity (Wildman–Crippen MR) is 92.4 cm³/mol. The van der Waals surface area contributed by atoms with Crippen LogP contribution in [0.5, 0.6) is 0 Å². The third kappa shape index (κ3) is 3.92. The first-order valence-electron chi connectivity index (χ1n) is 7.16. The van der Waals surface area contributed by atoms with Crippen molar-refractivity contribution in [3.8, 4) is 0 Å². The highest BCUT2D eigenvalue weighted by Gasteiger charge is 2.22. The van der Waals surface area contributed by atoms with Gasteiger partial charge in [-0.1, -0.05) is 30.1 Å². The molecule has 2 aromatic rings. The minimum Gasteiger partial charge on any atom is -0.324 e. The lowest BCUT2D eigenvalue weighted by molar-refractivity contribution is -0.119. The topological polar surface area (TPSA) is 64.0 Å². The molecule has 1 aromatic carbocycles. The summed E-state index contributed by atoms with van der Waals surface area (Å²) in [6.07, 6.45) is 0.457. The number of carbonyl (C=O) groups excluding carboxylic acids is 1. The van der Waals surface area contributed by atoms with E-state index in [0.717, 1.165) is 0 Å². The third-order valence-corrected chi connectivity index (χ3v) is 4.20. The highest BCUT2D eigenvalue weighted by Crippen LogP contribution is 2.25. The summed E-state index contributed by atoms with van der Waals surface area (Å²) in [7, 11) is 0. The lowest BCUT2D eigenvalue weighted by Crippen LogP contribution is -2.36. The van der Waals surface area contributed by atoms with E-state index in [2.05, 4.69) is 10.3 Å². The summed E-state index contributed by atoms with van der Waals surface area (Å²) in [5.74, 6) is -0.304. The first-order chi connectivity index (χ1) is 10.8. The molecule has 0 aliphatic rings. The molecule has 23 heavy (non-hydrogen) atoms. The van der Waals surface area contributed by atoms with Gasteiger partial charge in [-0.3, -0.25) is 9.36 Å². The van der Waals surface area contributed by atoms with Crippen molar-refractivity contribution in [1.82, 2.24) is 9.55 Å². The van der Waals surface area contributed by atoms with Crippen LogP contribution in [0.1, 0.15) is 30.8 Å². The number of rotatable bonds is 4. The van der Waals surface area contributed by atoms with Gasteiger partial charge in [0, 0.05) is 17.1 Å². The van der Waals surface area contributed by atoms with Crippen LogP contribution in [-0.2, 0) is 4.79 Å². The second kappa shape index (κ2) is 7.15. The molecule has 5 nitrogen and oxygen atoms in total. The molecule has 1 N–H and O–H groups in total. The standard InChI is InChI=1S/C16H17Cl2N3O2/c1-4-14(21-10(3)7-9(2)19-16(21)23)15(22)20-11-5-6-12(17)13(18)8-11/h5-8,14H,4H2,1-3H3,(H,20,22)/t14-/m0/s1. The maximum Gasteiger partial charge on any atom is 0.348 e. The number of carbonyl (C=O) groups is 1. The van der Waals surface area contributed by atoms with Gasteiger partial charge >= 0.3 is 5.69 Å². The van der Waals surface area contributed by atoms with Gasteiger partial charge in [-0.2, -0.15) is 4.98 Å². The molecule has 0 saturated heterocycles. The molecule has 0 fully saturated rings. The van der Waals surface area contributed by atoms with Crippen molar-refractivity contribution in [2.75, 3.05) is 5.32 Å². The van der Waals surface area contributed by atoms with E-state index in [1.165, 1.54) is 4.57 Å². The van der Waals surface area contributed by atoms with Crippen molar-refractivity contribution in [3.05, 3.63) is 56.2 Å². The molecule has 0 aliphatic heterocycles. The van der Waals surface area contributed by atoms with E-state index < -0.39 is 11.7 Å². The van der Waals surface area contributed by atoms with E-state index >= 15 is 0 Å². The molecule has 122 valence electrons. The highest BCUT2D eigenvalue weighted by atomic mass is 35.5. The van der Waals surface area contributed by atoms with Gasteiger partial charge in [0.25, 0.3) is 0 Å². The van der Waals surface area contributed by atoms with E-state index in [4.69, 9.17) is 23.2 Å². The van der Waals surface area contributed by atoms with Crippen molar-refractivity contribution in [3.63, 3.8) is 0 Å². The monoisotopic (exact) mass is 353 g/mol. The number of nitrogens with zero attached hydrogens (tertiary/aromatic N) is 2. The quantitative estimate of drug-likeness (QED) is 0.909. The van der Waals surface area contributed by atoms with Crippen molar-refractivity contribution in [2.24, 2.45) is 0 Å². The first kappa shape index (κ1) is 17.5. The molecule has 7 heteroatoms. The Bertz CT molecular complexity index is 802. The molecule has 1 heterocycles. The average Bonchev–Trinajstić information content (AvgIpc) is 2.46. The number of amides is 1. The van der Waals surface area contributed by atoms with Crippen LogP contribution in [0.4, 0.5) is 5.69 Å². The highest BCUT2D eigenvalue weighted by molar-refractivity contribution is 6.42. The van der Waals surface area contributed by atoms with Crippen molar-refractivity contribution in [2.45, 2.75) is 33.2 Å². The van der Waals surface area contributed by atoms with Gasteiger partial charge in [0.05, 0.1) is 10.0 Å². The number of benzene rings is 1. The normalized spacial score (nSPS) is 12.0. The number of halogens is 2. The Balaban J connectivity index is 2.32. The summed E-state index contributed by atoms with van der Waals surface area (Å²) in [5, 5.41) is 3.52. The predicted octanol–water partition coefficient (Wildman–Crippen LogP) is 3.76. The van der Waals surface area contributed by atoms with E-state index in [1.807, 2.05) is 6.92 Å². The molecule has 0 spiro atoms. The van der Waals surface area contributed by atoms with Gasteiger partial charge in [0.15, 0.2) is 0 Å². The van der Waals surface area contributed by atoms with Crippen molar-refractivity contribution < 1.29 is 4.79 Å². The molecule has 1 aromatic heterocycles. The Morgan fingerprint density at radius 1 is 1.26 bits per heavy atom. The molecule has 0 unspecified atom stereocenters. The number of hydrogen-bond acceptors (Lipinski definition) is 3. The molecule has 0 bridgehead atoms. The van der Waals surface area contributed by atoms with Gasteiger partial charge in [0.2, 0.25) is 5.91 Å². The Labute approximate surface area is 144 Å². The van der Waals surface area contributed by atoms with Crippen molar-refractivity contribution >= 4 is 34.8 Å². The van der Waals surface area contributed by atoms with E-state index in [9.17, 15) is 9.59 Å². The summed E-state index contributed by atoms with van der Waals surface area (Å²) in [6, 6.07) is 5.95. The van der Waals surface area contributed by atoms with Gasteiger partial charge < -0.3 is 5.32 Å². The maximum atomic E-state index is 12.6. The molecule has 0 radical (unpaired) electrons. The fourth-order valence-electron chi connectivity index (χ4n) is 2.42. The summed E-state index contributed by atoms with van der Waals surface area (Å²) in [5.41, 5.74) is 1.41. The zero-order chi connectivity index (χ0) is 17.1. The second-order valence-corrected chi connectivity index (χ2v) is 6.05. The van der Waals surface area contributed by atoms with Crippen LogP contribution >= 0.6 is 23.2 Å². The minimum atomic E-state index is -0.648. The van der Waals surface area contributed by atoms with E-state index in [1.54, 1.807) is 38.1 Å². The Morgan fingerprint density at radius 3 is 2.52 bits per heavy atom. The smallest absolute Gasteiger partial charge is 0.324 e. The van der Waals surface area contributed by atoms with Crippen LogP contribution in [0.25, 0.3) is 0 Å². The van der Waals surface area contributed by atoms with E-state index in [0.29, 0.717) is 33.5 Å². The summed E-state index contributed by atoms with van der Waals surface area (Å²) < 4.78 is 1.40. The minimum absolute atomic E-state index is 0.304. The lowest BCUT2D eigenvalue weighted by atomic mass is 10.1. The SMILES string of the molecule is CC[C@@H](C(=O)Nc1ccc(Cl)c(Cl)c1)n1c(C)cc(C)nc1=O. The van der Waals surface area contributed by atoms with Gasteiger partial charge in [-0.15, -0.1) is 0 Å². The number of hydrogen-bond donors (Lipinski definition) is 1. The van der Waals surface area contributed by atoms with Gasteiger partial charge in [0.1, 0.15) is 6.04 Å². The Kier molecular flexibility index (Phi) is 5.44. The number of aryl methyl sites for hydroxylation is 2. The zero-order valence-corrected chi connectivity index (χ0v) is 14.6. The summed E-state index contributed by atoms with van der Waals surface area (Å²) in [4.78, 5) is 28.6. The maximum absolute atomic E-state index is 12.6. The van der Waals surface area contributed by atoms with Crippen LogP contribution < -0.4 is 11.0 Å². The lowest BCUT2D eigenvalue weighted by Gasteiger charge is -2.20. The number of aromatic nitrogens is 2. The average molecular weight is 354 g/mol. The third-order valence-electron chi connectivity index (χ3n) is 3.46. The number of anilines is 1. The van der Waals surface area contributed by atoms with Gasteiger partial charge in [-0.25, -0.2) is 4.79 Å². The molecule has 2 rings (SSSR count). The second-order valence-electron chi connectivity index (χ2n) is 5.23. The van der Waals surface area contributed by atoms with Crippen LogP contribution in [0.2, 0.25) is 10.0 Å². The van der Waals surface area contributed by atoms with Gasteiger partial charge in [-0.05, 0) is 44.5 Å². The number of nitrogens with one attached hydrogen (secondary N) is 1. The molecular weight excluding hydrogens is 337 g/mol. The van der Waals surface area contributed by atoms with Crippen LogP contribution in [0.3, 0.4) is 0 Å². The largest absolute Gasteiger partial charge is 0.348 e. The van der Waals surface area contributed by atoms with Crippen LogP contribution in [-0.4, -0.2) is 15.5 Å². The molecule has 1 amide bonds. The Hall–Kier alpha value is -1.85. The molecular formula is C16H17Cl2N3O2. The summed E-state index contributed by atoms with van der Waals surface area (Å²) in [6.45, 7) is 5.37. The molecule has 1 atom stereocenters. The Morgan fingerprint density at radius 2 is 1.96 bits per heavy atom. The fraction of sp³-hybridized carbons (Fsp3) is 0.312. The van der Waals surface area contributed by atoms with Crippen LogP contribution in [0, 0.1) is 13.8 Å². The molecule has 0 aliphatic carbocycles. The van der Waals surface area contributed by atoms with Crippen molar-refractivity contribution in [1.29, 1.82) is 0 Å². The van der Waals surface area contributed by atoms with Crippen LogP contribution in [0.15, 0.2) is 29.1 Å². The first-order valence-corrected chi connectivity index (χ1v) is 7.91. The zero-order valence-electron chi connectivity index (χ0n) is 13.1. The fourth-order valence-corrected chi connectivity index (χ4v) is 2.72. The van der Waals surface area contributed by atoms with E-state index in [-0.39, 0.29) is 5.91 Å².